The smallest absolute Gasteiger partial charge is 0.219 e. The Morgan fingerprint density at radius 1 is 0.864 bits per heavy atom. The van der Waals surface area contributed by atoms with Gasteiger partial charge in [0.15, 0.2) is 0 Å². The van der Waals surface area contributed by atoms with Crippen LogP contribution < -0.4 is 0 Å². The van der Waals surface area contributed by atoms with Crippen molar-refractivity contribution in [2.24, 2.45) is 0 Å². The van der Waals surface area contributed by atoms with Gasteiger partial charge in [0.2, 0.25) is 0 Å². The summed E-state index contributed by atoms with van der Waals surface area (Å²) in [6, 6.07) is 0. The molecular formula is C16H25F3O2S. The van der Waals surface area contributed by atoms with Gasteiger partial charge in [-0.1, -0.05) is 34.9 Å². The molecule has 0 radical (unpaired) electrons. The van der Waals surface area contributed by atoms with Crippen molar-refractivity contribution in [3.63, 3.8) is 0 Å². The fourth-order valence-electron chi connectivity index (χ4n) is 1.69. The van der Waals surface area contributed by atoms with Crippen molar-refractivity contribution in [1.82, 2.24) is 0 Å². The summed E-state index contributed by atoms with van der Waals surface area (Å²) in [7, 11) is -5.05. The van der Waals surface area contributed by atoms with E-state index in [1.165, 1.54) is 11.1 Å². The molecule has 0 amide bonds. The standard InChI is InChI=1S/C16H25F3O2S/c1-13(2)7-5-8-14(3)9-6-10-15(4)11-12-22(20,21)16(17,18)19/h7,9,11H,5-6,8,10,12H2,1-4H3/b14-9+,15-11+. The van der Waals surface area contributed by atoms with E-state index >= 15 is 0 Å². The quantitative estimate of drug-likeness (QED) is 0.560. The van der Waals surface area contributed by atoms with Crippen LogP contribution in [0.3, 0.4) is 0 Å². The number of sulfone groups is 1. The van der Waals surface area contributed by atoms with E-state index in [-0.39, 0.29) is 0 Å². The fourth-order valence-corrected chi connectivity index (χ4v) is 2.38. The summed E-state index contributed by atoms with van der Waals surface area (Å²) in [5, 5.41) is 0. The molecule has 0 aromatic heterocycles. The van der Waals surface area contributed by atoms with Crippen LogP contribution in [0.1, 0.15) is 53.4 Å². The first-order valence-corrected chi connectivity index (χ1v) is 8.84. The Morgan fingerprint density at radius 3 is 1.77 bits per heavy atom. The zero-order valence-electron chi connectivity index (χ0n) is 13.6. The van der Waals surface area contributed by atoms with Gasteiger partial charge < -0.3 is 0 Å². The van der Waals surface area contributed by atoms with Gasteiger partial charge in [-0.25, -0.2) is 8.42 Å². The van der Waals surface area contributed by atoms with E-state index < -0.39 is 21.1 Å². The maximum Gasteiger partial charge on any atom is 0.497 e. The summed E-state index contributed by atoms with van der Waals surface area (Å²) in [6.07, 6.45) is 8.55. The highest BCUT2D eigenvalue weighted by atomic mass is 32.2. The van der Waals surface area contributed by atoms with Crippen LogP contribution in [0.25, 0.3) is 0 Å². The Balaban J connectivity index is 4.31. The van der Waals surface area contributed by atoms with Gasteiger partial charge in [-0.05, 0) is 53.4 Å². The molecule has 128 valence electrons. The molecular weight excluding hydrogens is 313 g/mol. The van der Waals surface area contributed by atoms with Crippen molar-refractivity contribution in [1.29, 1.82) is 0 Å². The summed E-state index contributed by atoms with van der Waals surface area (Å²) in [5.74, 6) is -0.981. The second-order valence-electron chi connectivity index (χ2n) is 5.69. The summed E-state index contributed by atoms with van der Waals surface area (Å²) < 4.78 is 58.4. The number of allylic oxidation sites excluding steroid dienone is 5. The minimum Gasteiger partial charge on any atom is -0.219 e. The molecule has 0 saturated carbocycles. The lowest BCUT2D eigenvalue weighted by Crippen LogP contribution is -2.25. The van der Waals surface area contributed by atoms with E-state index in [0.717, 1.165) is 18.9 Å². The summed E-state index contributed by atoms with van der Waals surface area (Å²) >= 11 is 0. The molecule has 0 atom stereocenters. The van der Waals surface area contributed by atoms with E-state index in [1.807, 2.05) is 20.8 Å². The van der Waals surface area contributed by atoms with Crippen molar-refractivity contribution in [3.8, 4) is 0 Å². The normalized spacial score (nSPS) is 14.1. The van der Waals surface area contributed by atoms with Crippen LogP contribution in [0.15, 0.2) is 34.9 Å². The third-order valence-electron chi connectivity index (χ3n) is 3.13. The molecule has 0 fully saturated rings. The Hall–Kier alpha value is -1.04. The molecule has 0 heterocycles. The monoisotopic (exact) mass is 338 g/mol. The van der Waals surface area contributed by atoms with Crippen LogP contribution in [-0.2, 0) is 9.84 Å². The SMILES string of the molecule is CC(C)=CCC/C(C)=C/CC/C(C)=C/CS(=O)(=O)C(F)(F)F. The third-order valence-corrected chi connectivity index (χ3v) is 4.44. The maximum absolute atomic E-state index is 12.2. The van der Waals surface area contributed by atoms with Crippen LogP contribution in [0.4, 0.5) is 13.2 Å². The molecule has 0 aromatic rings. The average Bonchev–Trinajstić information content (AvgIpc) is 2.34. The zero-order valence-corrected chi connectivity index (χ0v) is 14.4. The molecule has 6 heteroatoms. The van der Waals surface area contributed by atoms with E-state index in [4.69, 9.17) is 0 Å². The lowest BCUT2D eigenvalue weighted by atomic mass is 10.1. The molecule has 0 bridgehead atoms. The van der Waals surface area contributed by atoms with Gasteiger partial charge in [0.25, 0.3) is 9.84 Å². The Morgan fingerprint density at radius 2 is 1.32 bits per heavy atom. The Kier molecular flexibility index (Phi) is 8.74. The topological polar surface area (TPSA) is 34.1 Å². The van der Waals surface area contributed by atoms with Gasteiger partial charge in [-0.3, -0.25) is 0 Å². The highest BCUT2D eigenvalue weighted by molar-refractivity contribution is 7.92. The van der Waals surface area contributed by atoms with Gasteiger partial charge in [0.05, 0.1) is 5.75 Å². The minimum absolute atomic E-state index is 0.563. The van der Waals surface area contributed by atoms with Crippen molar-refractivity contribution < 1.29 is 21.6 Å². The molecule has 0 aliphatic heterocycles. The summed E-state index contributed by atoms with van der Waals surface area (Å²) in [5.41, 5.74) is -2.02. The summed E-state index contributed by atoms with van der Waals surface area (Å²) in [4.78, 5) is 0. The second kappa shape index (κ2) is 9.18. The lowest BCUT2D eigenvalue weighted by molar-refractivity contribution is -0.0432. The number of rotatable bonds is 8. The summed E-state index contributed by atoms with van der Waals surface area (Å²) in [6.45, 7) is 7.76. The second-order valence-corrected chi connectivity index (χ2v) is 7.71. The average molecular weight is 338 g/mol. The molecule has 0 aromatic carbocycles. The first-order chi connectivity index (χ1) is 9.95. The zero-order chi connectivity index (χ0) is 17.4. The predicted octanol–water partition coefficient (Wildman–Crippen LogP) is 5.34. The van der Waals surface area contributed by atoms with Gasteiger partial charge in [-0.2, -0.15) is 13.2 Å². The van der Waals surface area contributed by atoms with Gasteiger partial charge in [0, 0.05) is 0 Å². The van der Waals surface area contributed by atoms with Crippen LogP contribution in [0.2, 0.25) is 0 Å². The van der Waals surface area contributed by atoms with Crippen LogP contribution in [0, 0.1) is 0 Å². The van der Waals surface area contributed by atoms with Crippen molar-refractivity contribution in [3.05, 3.63) is 34.9 Å². The van der Waals surface area contributed by atoms with Crippen molar-refractivity contribution in [2.45, 2.75) is 58.9 Å². The molecule has 0 saturated heterocycles. The van der Waals surface area contributed by atoms with Crippen molar-refractivity contribution >= 4 is 9.84 Å². The van der Waals surface area contributed by atoms with E-state index in [9.17, 15) is 21.6 Å². The number of hydrogen-bond donors (Lipinski definition) is 0. The third kappa shape index (κ3) is 9.07. The maximum atomic E-state index is 12.2. The van der Waals surface area contributed by atoms with Crippen LogP contribution >= 0.6 is 0 Å². The minimum atomic E-state index is -5.18. The predicted molar refractivity (Wildman–Crippen MR) is 85.3 cm³/mol. The molecule has 22 heavy (non-hydrogen) atoms. The number of alkyl halides is 3. The molecule has 0 rings (SSSR count). The van der Waals surface area contributed by atoms with Crippen LogP contribution in [-0.4, -0.2) is 19.7 Å². The molecule has 0 spiro atoms. The molecule has 0 unspecified atom stereocenters. The lowest BCUT2D eigenvalue weighted by Gasteiger charge is -2.06. The van der Waals surface area contributed by atoms with E-state index in [0.29, 0.717) is 18.4 Å². The largest absolute Gasteiger partial charge is 0.497 e. The highest BCUT2D eigenvalue weighted by Crippen LogP contribution is 2.24. The first kappa shape index (κ1) is 21.0. The number of halogens is 3. The number of hydrogen-bond acceptors (Lipinski definition) is 2. The molecule has 2 nitrogen and oxygen atoms in total. The molecule has 0 N–H and O–H groups in total. The van der Waals surface area contributed by atoms with E-state index in [2.05, 4.69) is 12.2 Å². The molecule has 0 aliphatic rings. The first-order valence-electron chi connectivity index (χ1n) is 7.19. The van der Waals surface area contributed by atoms with Gasteiger partial charge in [-0.15, -0.1) is 0 Å². The van der Waals surface area contributed by atoms with E-state index in [1.54, 1.807) is 6.92 Å². The fraction of sp³-hybridized carbons (Fsp3) is 0.625. The van der Waals surface area contributed by atoms with Gasteiger partial charge in [0.1, 0.15) is 0 Å². The van der Waals surface area contributed by atoms with Crippen molar-refractivity contribution in [2.75, 3.05) is 5.75 Å². The molecule has 0 aliphatic carbocycles. The Labute approximate surface area is 131 Å². The van der Waals surface area contributed by atoms with Gasteiger partial charge >= 0.3 is 5.51 Å². The highest BCUT2D eigenvalue weighted by Gasteiger charge is 2.44. The Bertz CT molecular complexity index is 534. The van der Waals surface area contributed by atoms with Crippen LogP contribution in [0.5, 0.6) is 0 Å².